The number of esters is 1. The van der Waals surface area contributed by atoms with Crippen molar-refractivity contribution in [3.05, 3.63) is 0 Å². The van der Waals surface area contributed by atoms with E-state index in [1.54, 1.807) is 0 Å². The Hall–Kier alpha value is -1.23. The molecule has 0 aromatic carbocycles. The predicted molar refractivity (Wildman–Crippen MR) is 123 cm³/mol. The van der Waals surface area contributed by atoms with Gasteiger partial charge in [-0.05, 0) is 67.6 Å². The topological polar surface area (TPSA) is 55.8 Å². The van der Waals surface area contributed by atoms with Gasteiger partial charge >= 0.3 is 41.9 Å². The molecule has 5 fully saturated rings. The molecule has 4 bridgehead atoms. The zero-order chi connectivity index (χ0) is 32.3. The van der Waals surface area contributed by atoms with Gasteiger partial charge in [0.25, 0.3) is 5.60 Å². The lowest BCUT2D eigenvalue weighted by Crippen LogP contribution is -2.75. The molecule has 244 valence electrons. The van der Waals surface area contributed by atoms with Crippen LogP contribution in [0.15, 0.2) is 0 Å². The van der Waals surface area contributed by atoms with Crippen molar-refractivity contribution in [2.45, 2.75) is 99.8 Å². The predicted octanol–water partition coefficient (Wildman–Crippen LogP) is 7.29. The molecule has 5 rings (SSSR count). The second-order valence-electron chi connectivity index (χ2n) is 13.9. The number of carbonyl (C=O) groups is 1. The summed E-state index contributed by atoms with van der Waals surface area (Å²) in [6.45, 7) is 6.32. The van der Waals surface area contributed by atoms with E-state index in [2.05, 4.69) is 35.7 Å². The lowest BCUT2D eigenvalue weighted by atomic mass is 9.67. The van der Waals surface area contributed by atoms with Crippen molar-refractivity contribution in [1.29, 1.82) is 0 Å². The molecule has 0 aromatic heterocycles. The van der Waals surface area contributed by atoms with Crippen LogP contribution in [0.25, 0.3) is 0 Å². The summed E-state index contributed by atoms with van der Waals surface area (Å²) in [5.41, 5.74) is -5.84. The molecule has 4 aliphatic carbocycles. The summed E-state index contributed by atoms with van der Waals surface area (Å²) in [5.74, 6) is -31.1. The van der Waals surface area contributed by atoms with Gasteiger partial charge in [0, 0.05) is 8.07 Å². The second-order valence-corrected chi connectivity index (χ2v) is 19.9. The van der Waals surface area contributed by atoms with Crippen molar-refractivity contribution in [1.82, 2.24) is 0 Å². The average Bonchev–Trinajstić information content (AvgIpc) is 3.59. The third-order valence-electron chi connectivity index (χ3n) is 9.37. The zero-order valence-electron chi connectivity index (χ0n) is 23.0. The number of halogens is 12. The summed E-state index contributed by atoms with van der Waals surface area (Å²) in [7, 11) is -0.611. The quantitative estimate of drug-likeness (QED) is 0.150. The van der Waals surface area contributed by atoms with Crippen LogP contribution in [0.5, 0.6) is 0 Å². The van der Waals surface area contributed by atoms with Gasteiger partial charge in [0.2, 0.25) is 0 Å². The van der Waals surface area contributed by atoms with Gasteiger partial charge in [-0.2, -0.15) is 52.7 Å². The molecule has 9 unspecified atom stereocenters. The highest BCUT2D eigenvalue weighted by Gasteiger charge is 2.95. The fourth-order valence-electron chi connectivity index (χ4n) is 7.88. The van der Waals surface area contributed by atoms with E-state index < -0.39 is 74.0 Å². The molecule has 5 aliphatic rings. The fourth-order valence-corrected chi connectivity index (χ4v) is 7.88. The van der Waals surface area contributed by atoms with E-state index in [4.69, 9.17) is 0 Å². The summed E-state index contributed by atoms with van der Waals surface area (Å²) in [4.78, 5) is 12.9. The first-order valence-corrected chi connectivity index (χ1v) is 17.5. The molecule has 0 radical (unpaired) electrons. The Morgan fingerprint density at radius 1 is 0.833 bits per heavy atom. The average molecular weight is 653 g/mol. The lowest BCUT2D eigenvalue weighted by molar-refractivity contribution is -0.436. The maximum absolute atomic E-state index is 15.0. The van der Waals surface area contributed by atoms with E-state index in [1.807, 2.05) is 0 Å². The third-order valence-corrected chi connectivity index (χ3v) is 9.37. The van der Waals surface area contributed by atoms with Crippen LogP contribution in [0.1, 0.15) is 32.1 Å². The summed E-state index contributed by atoms with van der Waals surface area (Å²) >= 11 is 0. The van der Waals surface area contributed by atoms with Gasteiger partial charge in [0.05, 0.1) is 5.92 Å². The van der Waals surface area contributed by atoms with Crippen molar-refractivity contribution in [2.24, 2.45) is 41.4 Å². The first-order valence-electron chi connectivity index (χ1n) is 13.5. The summed E-state index contributed by atoms with van der Waals surface area (Å²) in [6.07, 6.45) is -11.2. The normalized spacial score (nSPS) is 41.0. The summed E-state index contributed by atoms with van der Waals surface area (Å²) in [6, 6.07) is 0. The van der Waals surface area contributed by atoms with Crippen LogP contribution < -0.4 is 0 Å². The minimum absolute atomic E-state index is 0.122. The largest absolute Gasteiger partial charge is 0.460 e. The summed E-state index contributed by atoms with van der Waals surface area (Å²) < 4.78 is 173. The number of ether oxygens (including phenoxy) is 2. The standard InChI is InChI=1S/C21H20F12O4.C4H12Si/c22-16(23,18(26,27)20(28,29)30)15(6-36-19(35,17(15,24)25)21(31,32)33)37-14(34)11-5-9-4-10(11)13-8-2-1-7(3-8)12(9)13;1-5(2,3)4/h7-13,35H,1-6H2;1-4H3. The van der Waals surface area contributed by atoms with Crippen molar-refractivity contribution in [2.75, 3.05) is 6.61 Å². The highest BCUT2D eigenvalue weighted by Crippen LogP contribution is 2.70. The molecule has 1 aliphatic heterocycles. The molecule has 1 saturated heterocycles. The van der Waals surface area contributed by atoms with Crippen LogP contribution in [0, 0.1) is 41.4 Å². The molecule has 9 atom stereocenters. The van der Waals surface area contributed by atoms with E-state index in [-0.39, 0.29) is 30.1 Å². The maximum Gasteiger partial charge on any atom is 0.460 e. The van der Waals surface area contributed by atoms with Gasteiger partial charge in [-0.25, -0.2) is 0 Å². The van der Waals surface area contributed by atoms with E-state index in [1.165, 1.54) is 0 Å². The van der Waals surface area contributed by atoms with Crippen LogP contribution in [-0.2, 0) is 14.3 Å². The number of carbonyl (C=O) groups excluding carboxylic acids is 1. The van der Waals surface area contributed by atoms with E-state index in [0.29, 0.717) is 12.3 Å². The minimum Gasteiger partial charge on any atom is -0.443 e. The van der Waals surface area contributed by atoms with Crippen LogP contribution >= 0.6 is 0 Å². The van der Waals surface area contributed by atoms with Crippen molar-refractivity contribution >= 4 is 14.0 Å². The molecule has 0 aromatic rings. The smallest absolute Gasteiger partial charge is 0.443 e. The number of rotatable bonds is 4. The number of aliphatic hydroxyl groups is 1. The molecule has 1 N–H and O–H groups in total. The molecular weight excluding hydrogens is 620 g/mol. The van der Waals surface area contributed by atoms with Gasteiger partial charge in [0.1, 0.15) is 6.61 Å². The molecule has 42 heavy (non-hydrogen) atoms. The fraction of sp³-hybridized carbons (Fsp3) is 0.960. The van der Waals surface area contributed by atoms with Crippen LogP contribution in [0.2, 0.25) is 26.2 Å². The zero-order valence-corrected chi connectivity index (χ0v) is 24.0. The van der Waals surface area contributed by atoms with Crippen LogP contribution in [0.4, 0.5) is 52.7 Å². The van der Waals surface area contributed by atoms with Crippen molar-refractivity contribution < 1.29 is 72.1 Å². The minimum atomic E-state index is -7.41. The third kappa shape index (κ3) is 4.59. The molecule has 1 heterocycles. The monoisotopic (exact) mass is 652 g/mol. The summed E-state index contributed by atoms with van der Waals surface area (Å²) in [5, 5.41) is 9.45. The maximum atomic E-state index is 15.0. The first kappa shape index (κ1) is 33.7. The Balaban J connectivity index is 0.000000748. The van der Waals surface area contributed by atoms with Crippen molar-refractivity contribution in [3.63, 3.8) is 0 Å². The molecule has 4 saturated carbocycles. The molecule has 0 amide bonds. The van der Waals surface area contributed by atoms with Crippen molar-refractivity contribution in [3.8, 4) is 0 Å². The van der Waals surface area contributed by atoms with E-state index in [9.17, 15) is 53.8 Å². The highest BCUT2D eigenvalue weighted by molar-refractivity contribution is 6.74. The van der Waals surface area contributed by atoms with Gasteiger partial charge in [-0.1, -0.05) is 26.2 Å². The van der Waals surface area contributed by atoms with Gasteiger partial charge in [-0.3, -0.25) is 4.79 Å². The SMILES string of the molecule is C[Si](C)(C)C.O=C(OC1(C(F)(F)C(F)(F)C(F)(F)F)COC(O)(C(F)(F)F)C1(F)F)C1CC2CC1C1C3CCC(C3)C21. The molecular formula is C25H32F12O4Si. The van der Waals surface area contributed by atoms with Gasteiger partial charge in [0.15, 0.2) is 0 Å². The number of hydrogen-bond acceptors (Lipinski definition) is 4. The Labute approximate surface area is 234 Å². The first-order chi connectivity index (χ1) is 18.6. The van der Waals surface area contributed by atoms with Crippen LogP contribution in [0.3, 0.4) is 0 Å². The Morgan fingerprint density at radius 3 is 1.79 bits per heavy atom. The Bertz CT molecular complexity index is 1070. The molecule has 4 nitrogen and oxygen atoms in total. The second kappa shape index (κ2) is 9.63. The van der Waals surface area contributed by atoms with E-state index in [0.717, 1.165) is 19.3 Å². The number of fused-ring (bicyclic) bond motifs is 9. The number of alkyl halides is 12. The lowest BCUT2D eigenvalue weighted by Gasteiger charge is -2.45. The van der Waals surface area contributed by atoms with Gasteiger partial charge < -0.3 is 14.6 Å². The Morgan fingerprint density at radius 2 is 1.33 bits per heavy atom. The molecule has 0 spiro atoms. The number of hydrogen-bond donors (Lipinski definition) is 1. The van der Waals surface area contributed by atoms with E-state index >= 15 is 8.78 Å². The van der Waals surface area contributed by atoms with Gasteiger partial charge in [-0.15, -0.1) is 0 Å². The molecule has 17 heteroatoms. The van der Waals surface area contributed by atoms with Crippen LogP contribution in [-0.4, -0.2) is 67.3 Å². The Kier molecular flexibility index (Phi) is 7.72. The highest BCUT2D eigenvalue weighted by atomic mass is 28.3.